The first-order valence-corrected chi connectivity index (χ1v) is 9.79. The molecule has 7 nitrogen and oxygen atoms in total. The summed E-state index contributed by atoms with van der Waals surface area (Å²) < 4.78 is 13.2. The molecule has 8 heteroatoms. The van der Waals surface area contributed by atoms with Crippen LogP contribution in [0.1, 0.15) is 19.0 Å². The molecule has 0 bridgehead atoms. The van der Waals surface area contributed by atoms with Crippen LogP contribution in [0.5, 0.6) is 0 Å². The number of carbonyl (C=O) groups is 1. The average molecular weight is 406 g/mol. The van der Waals surface area contributed by atoms with Gasteiger partial charge in [0.15, 0.2) is 5.82 Å². The summed E-state index contributed by atoms with van der Waals surface area (Å²) in [7, 11) is 1.99. The van der Waals surface area contributed by atoms with Crippen LogP contribution in [-0.2, 0) is 0 Å². The molecule has 3 aromatic rings. The van der Waals surface area contributed by atoms with Crippen molar-refractivity contribution in [2.24, 2.45) is 0 Å². The molecule has 1 N–H and O–H groups in total. The van der Waals surface area contributed by atoms with Gasteiger partial charge in [-0.1, -0.05) is 0 Å². The number of hydrogen-bond donors (Lipinski definition) is 1. The number of halogens is 1. The van der Waals surface area contributed by atoms with Crippen molar-refractivity contribution in [2.75, 3.05) is 28.7 Å². The van der Waals surface area contributed by atoms with E-state index < -0.39 is 5.82 Å². The van der Waals surface area contributed by atoms with Gasteiger partial charge >= 0.3 is 6.03 Å². The number of aryl methyl sites for hydroxylation is 1. The van der Waals surface area contributed by atoms with Gasteiger partial charge in [0, 0.05) is 37.1 Å². The highest BCUT2D eigenvalue weighted by atomic mass is 19.1. The van der Waals surface area contributed by atoms with Gasteiger partial charge in [0.1, 0.15) is 11.6 Å². The van der Waals surface area contributed by atoms with Gasteiger partial charge in [0.2, 0.25) is 0 Å². The highest BCUT2D eigenvalue weighted by molar-refractivity contribution is 6.03. The van der Waals surface area contributed by atoms with Crippen molar-refractivity contribution in [3.63, 3.8) is 0 Å². The molecule has 2 amide bonds. The number of hydrogen-bond acceptors (Lipinski definition) is 5. The van der Waals surface area contributed by atoms with E-state index in [0.717, 1.165) is 41.8 Å². The molecule has 154 valence electrons. The van der Waals surface area contributed by atoms with E-state index in [2.05, 4.69) is 20.2 Å². The lowest BCUT2D eigenvalue weighted by atomic mass is 10.1. The topological polar surface area (TPSA) is 74.2 Å². The molecule has 0 aromatic carbocycles. The van der Waals surface area contributed by atoms with Crippen LogP contribution in [0, 0.1) is 12.7 Å². The third-order valence-electron chi connectivity index (χ3n) is 5.19. The Labute approximate surface area is 174 Å². The van der Waals surface area contributed by atoms with Gasteiger partial charge in [-0.25, -0.2) is 19.2 Å². The molecule has 0 saturated carbocycles. The first-order valence-electron chi connectivity index (χ1n) is 9.79. The Morgan fingerprint density at radius 2 is 2.03 bits per heavy atom. The van der Waals surface area contributed by atoms with Crippen LogP contribution < -0.4 is 15.1 Å². The molecule has 0 aliphatic carbocycles. The molecule has 0 saturated heterocycles. The largest absolute Gasteiger partial charge is 0.372 e. The minimum Gasteiger partial charge on any atom is -0.372 e. The molecule has 0 spiro atoms. The van der Waals surface area contributed by atoms with Crippen LogP contribution >= 0.6 is 0 Å². The first-order chi connectivity index (χ1) is 14.4. The SMILES string of the molecule is Cc1cc(-c2ccc3c(n2)N(C(=O)Nc2ccc(F)cn2)[C@H](C)CCN3C)ccn1. The minimum absolute atomic E-state index is 0.0870. The number of anilines is 3. The van der Waals surface area contributed by atoms with E-state index in [1.807, 2.05) is 45.2 Å². The van der Waals surface area contributed by atoms with Crippen molar-refractivity contribution in [1.82, 2.24) is 15.0 Å². The zero-order chi connectivity index (χ0) is 21.3. The number of amides is 2. The lowest BCUT2D eigenvalue weighted by molar-refractivity contribution is 0.255. The van der Waals surface area contributed by atoms with Crippen molar-refractivity contribution in [1.29, 1.82) is 0 Å². The highest BCUT2D eigenvalue weighted by Crippen LogP contribution is 2.35. The second-order valence-corrected chi connectivity index (χ2v) is 7.45. The predicted molar refractivity (Wildman–Crippen MR) is 115 cm³/mol. The summed E-state index contributed by atoms with van der Waals surface area (Å²) in [5.74, 6) is 0.407. The number of urea groups is 1. The van der Waals surface area contributed by atoms with Gasteiger partial charge in [0.25, 0.3) is 0 Å². The van der Waals surface area contributed by atoms with Crippen LogP contribution in [-0.4, -0.2) is 40.6 Å². The minimum atomic E-state index is -0.456. The second-order valence-electron chi connectivity index (χ2n) is 7.45. The standard InChI is InChI=1S/C22H23FN6O/c1-14-12-16(8-10-24-14)18-5-6-19-21(26-18)29(15(2)9-11-28(19)3)22(30)27-20-7-4-17(23)13-25-20/h4-8,10,12-13,15H,9,11H2,1-3H3,(H,25,27,30)/t15-/m1/s1. The van der Waals surface area contributed by atoms with Gasteiger partial charge in [-0.3, -0.25) is 15.2 Å². The molecule has 1 aliphatic heterocycles. The third kappa shape index (κ3) is 3.94. The number of pyridine rings is 3. The molecular formula is C22H23FN6O. The molecule has 4 heterocycles. The summed E-state index contributed by atoms with van der Waals surface area (Å²) in [6.07, 6.45) is 3.60. The lowest BCUT2D eigenvalue weighted by Crippen LogP contribution is -2.42. The Morgan fingerprint density at radius 1 is 1.20 bits per heavy atom. The molecule has 30 heavy (non-hydrogen) atoms. The highest BCUT2D eigenvalue weighted by Gasteiger charge is 2.30. The number of nitrogens with one attached hydrogen (secondary N) is 1. The van der Waals surface area contributed by atoms with Gasteiger partial charge in [-0.2, -0.15) is 0 Å². The average Bonchev–Trinajstić information content (AvgIpc) is 2.85. The maximum atomic E-state index is 13.2. The van der Waals surface area contributed by atoms with E-state index in [9.17, 15) is 9.18 Å². The Bertz CT molecular complexity index is 1070. The monoisotopic (exact) mass is 406 g/mol. The Hall–Kier alpha value is -3.55. The summed E-state index contributed by atoms with van der Waals surface area (Å²) in [5, 5.41) is 2.76. The summed E-state index contributed by atoms with van der Waals surface area (Å²) in [6, 6.07) is 10.1. The first kappa shape index (κ1) is 19.8. The Balaban J connectivity index is 1.75. The summed E-state index contributed by atoms with van der Waals surface area (Å²) in [4.78, 5) is 30.0. The number of rotatable bonds is 2. The maximum Gasteiger partial charge on any atom is 0.328 e. The normalized spacial score (nSPS) is 16.1. The molecular weight excluding hydrogens is 383 g/mol. The maximum absolute atomic E-state index is 13.2. The van der Waals surface area contributed by atoms with Gasteiger partial charge in [-0.05, 0) is 56.7 Å². The Morgan fingerprint density at radius 3 is 2.77 bits per heavy atom. The molecule has 4 rings (SSSR count). The molecule has 0 fully saturated rings. The number of carbonyl (C=O) groups excluding carboxylic acids is 1. The molecule has 0 radical (unpaired) electrons. The van der Waals surface area contributed by atoms with Crippen molar-refractivity contribution < 1.29 is 9.18 Å². The Kier molecular flexibility index (Phi) is 5.31. The van der Waals surface area contributed by atoms with Crippen LogP contribution in [0.25, 0.3) is 11.3 Å². The molecule has 0 unspecified atom stereocenters. The molecule has 1 aliphatic rings. The predicted octanol–water partition coefficient (Wildman–Crippen LogP) is 4.25. The zero-order valence-electron chi connectivity index (χ0n) is 17.1. The van der Waals surface area contributed by atoms with Gasteiger partial charge < -0.3 is 4.90 Å². The van der Waals surface area contributed by atoms with E-state index in [1.54, 1.807) is 11.1 Å². The zero-order valence-corrected chi connectivity index (χ0v) is 17.1. The van der Waals surface area contributed by atoms with Crippen molar-refractivity contribution in [2.45, 2.75) is 26.3 Å². The van der Waals surface area contributed by atoms with Crippen molar-refractivity contribution in [3.05, 3.63) is 60.3 Å². The molecule has 1 atom stereocenters. The number of fused-ring (bicyclic) bond motifs is 1. The van der Waals surface area contributed by atoms with Crippen LogP contribution in [0.3, 0.4) is 0 Å². The van der Waals surface area contributed by atoms with Crippen LogP contribution in [0.2, 0.25) is 0 Å². The summed E-state index contributed by atoms with van der Waals surface area (Å²) in [6.45, 7) is 4.71. The van der Waals surface area contributed by atoms with Crippen LogP contribution in [0.4, 0.5) is 26.5 Å². The second kappa shape index (κ2) is 8.06. The number of aromatic nitrogens is 3. The van der Waals surface area contributed by atoms with E-state index >= 15 is 0 Å². The van der Waals surface area contributed by atoms with E-state index in [0.29, 0.717) is 5.82 Å². The third-order valence-corrected chi connectivity index (χ3v) is 5.19. The smallest absolute Gasteiger partial charge is 0.328 e. The van der Waals surface area contributed by atoms with Gasteiger partial charge in [-0.15, -0.1) is 0 Å². The fourth-order valence-electron chi connectivity index (χ4n) is 3.54. The van der Waals surface area contributed by atoms with Gasteiger partial charge in [0.05, 0.1) is 17.6 Å². The van der Waals surface area contributed by atoms with Crippen LogP contribution in [0.15, 0.2) is 48.8 Å². The number of nitrogens with zero attached hydrogens (tertiary/aromatic N) is 5. The van der Waals surface area contributed by atoms with Crippen molar-refractivity contribution in [3.8, 4) is 11.3 Å². The lowest BCUT2D eigenvalue weighted by Gasteiger charge is -2.28. The summed E-state index contributed by atoms with van der Waals surface area (Å²) >= 11 is 0. The van der Waals surface area contributed by atoms with E-state index in [4.69, 9.17) is 4.98 Å². The molecule has 3 aromatic heterocycles. The quantitative estimate of drug-likeness (QED) is 0.689. The fourth-order valence-corrected chi connectivity index (χ4v) is 3.54. The van der Waals surface area contributed by atoms with Crippen molar-refractivity contribution >= 4 is 23.4 Å². The summed E-state index contributed by atoms with van der Waals surface area (Å²) in [5.41, 5.74) is 3.47. The fraction of sp³-hybridized carbons (Fsp3) is 0.273. The van der Waals surface area contributed by atoms with E-state index in [-0.39, 0.29) is 17.9 Å². The van der Waals surface area contributed by atoms with E-state index in [1.165, 1.54) is 12.1 Å².